The normalized spacial score (nSPS) is 10.9. The third kappa shape index (κ3) is 4.10. The molecule has 0 aliphatic rings. The van der Waals surface area contributed by atoms with Crippen LogP contribution in [0.1, 0.15) is 16.7 Å². The Morgan fingerprint density at radius 1 is 0.944 bits per heavy atom. The predicted molar refractivity (Wildman–Crippen MR) is 85.5 cm³/mol. The maximum atomic E-state index is 2.34. The number of halogens is 1. The highest BCUT2D eigenvalue weighted by Crippen LogP contribution is 2.11. The molecule has 0 heterocycles. The molecule has 94 valence electrons. The largest absolute Gasteiger partial charge is 0.298 e. The van der Waals surface area contributed by atoms with E-state index in [1.165, 1.54) is 20.3 Å². The van der Waals surface area contributed by atoms with E-state index in [-0.39, 0.29) is 0 Å². The topological polar surface area (TPSA) is 3.24 Å². The third-order valence-corrected chi connectivity index (χ3v) is 3.62. The average Bonchev–Trinajstić information content (AvgIpc) is 2.32. The van der Waals surface area contributed by atoms with Crippen LogP contribution in [0.4, 0.5) is 0 Å². The van der Waals surface area contributed by atoms with E-state index in [2.05, 4.69) is 90.0 Å². The van der Waals surface area contributed by atoms with E-state index in [1.54, 1.807) is 0 Å². The summed E-state index contributed by atoms with van der Waals surface area (Å²) < 4.78 is 1.29. The Labute approximate surface area is 123 Å². The number of hydrogen-bond donors (Lipinski definition) is 0. The Hall–Kier alpha value is -0.870. The van der Waals surface area contributed by atoms with Gasteiger partial charge in [0.25, 0.3) is 0 Å². The first-order chi connectivity index (χ1) is 8.63. The Balaban J connectivity index is 1.96. The molecule has 0 bridgehead atoms. The summed E-state index contributed by atoms with van der Waals surface area (Å²) in [6.45, 7) is 4.13. The molecular formula is C16H18IN. The van der Waals surface area contributed by atoms with E-state index < -0.39 is 0 Å². The average molecular weight is 351 g/mol. The van der Waals surface area contributed by atoms with Gasteiger partial charge in [-0.3, -0.25) is 4.90 Å². The van der Waals surface area contributed by atoms with Gasteiger partial charge in [-0.25, -0.2) is 0 Å². The first-order valence-corrected chi connectivity index (χ1v) is 7.20. The van der Waals surface area contributed by atoms with Gasteiger partial charge in [0.15, 0.2) is 0 Å². The summed E-state index contributed by atoms with van der Waals surface area (Å²) in [7, 11) is 2.17. The molecule has 0 N–H and O–H groups in total. The first kappa shape index (κ1) is 13.6. The minimum atomic E-state index is 0.991. The van der Waals surface area contributed by atoms with Crippen molar-refractivity contribution in [3.63, 3.8) is 0 Å². The lowest BCUT2D eigenvalue weighted by Gasteiger charge is -2.17. The van der Waals surface area contributed by atoms with E-state index >= 15 is 0 Å². The highest BCUT2D eigenvalue weighted by molar-refractivity contribution is 14.1. The second kappa shape index (κ2) is 6.34. The summed E-state index contributed by atoms with van der Waals surface area (Å²) >= 11 is 2.34. The molecule has 0 radical (unpaired) electrons. The van der Waals surface area contributed by atoms with Crippen molar-refractivity contribution in [1.29, 1.82) is 0 Å². The molecule has 0 aromatic heterocycles. The summed E-state index contributed by atoms with van der Waals surface area (Å²) in [6.07, 6.45) is 0. The van der Waals surface area contributed by atoms with E-state index in [9.17, 15) is 0 Å². The minimum absolute atomic E-state index is 0.991. The van der Waals surface area contributed by atoms with Crippen molar-refractivity contribution >= 4 is 22.6 Å². The van der Waals surface area contributed by atoms with Crippen molar-refractivity contribution in [3.05, 3.63) is 68.8 Å². The van der Waals surface area contributed by atoms with E-state index in [0.717, 1.165) is 13.1 Å². The lowest BCUT2D eigenvalue weighted by atomic mass is 10.1. The van der Waals surface area contributed by atoms with Crippen molar-refractivity contribution in [2.45, 2.75) is 20.0 Å². The smallest absolute Gasteiger partial charge is 0.0234 e. The van der Waals surface area contributed by atoms with Crippen molar-refractivity contribution in [3.8, 4) is 0 Å². The molecule has 1 nitrogen and oxygen atoms in total. The second-order valence-electron chi connectivity index (χ2n) is 4.79. The summed E-state index contributed by atoms with van der Waals surface area (Å²) in [6, 6.07) is 17.4. The molecule has 2 rings (SSSR count). The maximum Gasteiger partial charge on any atom is 0.0234 e. The lowest BCUT2D eigenvalue weighted by Crippen LogP contribution is -2.17. The van der Waals surface area contributed by atoms with Crippen LogP contribution in [0, 0.1) is 10.5 Å². The molecule has 0 spiro atoms. The van der Waals surface area contributed by atoms with Gasteiger partial charge in [-0.1, -0.05) is 42.0 Å². The summed E-state index contributed by atoms with van der Waals surface area (Å²) in [5.41, 5.74) is 4.07. The molecule has 2 heteroatoms. The molecule has 0 unspecified atom stereocenters. The van der Waals surface area contributed by atoms with Crippen LogP contribution in [0.25, 0.3) is 0 Å². The molecule has 0 fully saturated rings. The predicted octanol–water partition coefficient (Wildman–Crippen LogP) is 4.23. The molecular weight excluding hydrogens is 333 g/mol. The van der Waals surface area contributed by atoms with Gasteiger partial charge in [-0.2, -0.15) is 0 Å². The molecule has 2 aromatic rings. The van der Waals surface area contributed by atoms with E-state index in [1.807, 2.05) is 0 Å². The number of nitrogens with zero attached hydrogens (tertiary/aromatic N) is 1. The van der Waals surface area contributed by atoms with Crippen LogP contribution in [0.2, 0.25) is 0 Å². The van der Waals surface area contributed by atoms with Crippen molar-refractivity contribution in [2.24, 2.45) is 0 Å². The van der Waals surface area contributed by atoms with Crippen LogP contribution < -0.4 is 0 Å². The Morgan fingerprint density at radius 3 is 2.28 bits per heavy atom. The molecule has 2 aromatic carbocycles. The monoisotopic (exact) mass is 351 g/mol. The summed E-state index contributed by atoms with van der Waals surface area (Å²) in [4.78, 5) is 2.34. The lowest BCUT2D eigenvalue weighted by molar-refractivity contribution is 0.319. The quantitative estimate of drug-likeness (QED) is 0.745. The van der Waals surface area contributed by atoms with Gasteiger partial charge in [0.1, 0.15) is 0 Å². The SMILES string of the molecule is Cc1cccc(CN(C)Cc2ccc(I)cc2)c1. The molecule has 0 amide bonds. The van der Waals surface area contributed by atoms with Crippen molar-refractivity contribution in [2.75, 3.05) is 7.05 Å². The van der Waals surface area contributed by atoms with Gasteiger partial charge < -0.3 is 0 Å². The van der Waals surface area contributed by atoms with Gasteiger partial charge in [-0.15, -0.1) is 0 Å². The van der Waals surface area contributed by atoms with Crippen LogP contribution in [0.5, 0.6) is 0 Å². The van der Waals surface area contributed by atoms with Crippen LogP contribution in [-0.2, 0) is 13.1 Å². The van der Waals surface area contributed by atoms with Gasteiger partial charge in [-0.05, 0) is 59.8 Å². The Kier molecular flexibility index (Phi) is 4.78. The number of hydrogen-bond acceptors (Lipinski definition) is 1. The maximum absolute atomic E-state index is 2.34. The molecule has 0 atom stereocenters. The van der Waals surface area contributed by atoms with Gasteiger partial charge in [0.2, 0.25) is 0 Å². The molecule has 18 heavy (non-hydrogen) atoms. The second-order valence-corrected chi connectivity index (χ2v) is 6.03. The van der Waals surface area contributed by atoms with Crippen molar-refractivity contribution < 1.29 is 0 Å². The van der Waals surface area contributed by atoms with E-state index in [4.69, 9.17) is 0 Å². The Bertz CT molecular complexity index is 505. The van der Waals surface area contributed by atoms with Crippen molar-refractivity contribution in [1.82, 2.24) is 4.90 Å². The van der Waals surface area contributed by atoms with Crippen LogP contribution in [-0.4, -0.2) is 11.9 Å². The van der Waals surface area contributed by atoms with Crippen LogP contribution in [0.3, 0.4) is 0 Å². The summed E-state index contributed by atoms with van der Waals surface area (Å²) in [5, 5.41) is 0. The molecule has 0 saturated carbocycles. The van der Waals surface area contributed by atoms with Gasteiger partial charge in [0, 0.05) is 16.7 Å². The molecule has 0 aliphatic heterocycles. The van der Waals surface area contributed by atoms with Crippen LogP contribution in [0.15, 0.2) is 48.5 Å². The zero-order chi connectivity index (χ0) is 13.0. The fourth-order valence-electron chi connectivity index (χ4n) is 2.08. The number of benzene rings is 2. The fraction of sp³-hybridized carbons (Fsp3) is 0.250. The first-order valence-electron chi connectivity index (χ1n) is 6.12. The zero-order valence-corrected chi connectivity index (χ0v) is 13.0. The highest BCUT2D eigenvalue weighted by Gasteiger charge is 2.02. The fourth-order valence-corrected chi connectivity index (χ4v) is 2.44. The molecule has 0 aliphatic carbocycles. The molecule has 0 saturated heterocycles. The van der Waals surface area contributed by atoms with Gasteiger partial charge >= 0.3 is 0 Å². The number of rotatable bonds is 4. The number of aryl methyl sites for hydroxylation is 1. The Morgan fingerprint density at radius 2 is 1.61 bits per heavy atom. The summed E-state index contributed by atoms with van der Waals surface area (Å²) in [5.74, 6) is 0. The minimum Gasteiger partial charge on any atom is -0.298 e. The van der Waals surface area contributed by atoms with E-state index in [0.29, 0.717) is 0 Å². The zero-order valence-electron chi connectivity index (χ0n) is 10.9. The van der Waals surface area contributed by atoms with Crippen LogP contribution >= 0.6 is 22.6 Å². The standard InChI is InChI=1S/C16H18IN/c1-13-4-3-5-15(10-13)12-18(2)11-14-6-8-16(17)9-7-14/h3-10H,11-12H2,1-2H3. The van der Waals surface area contributed by atoms with Gasteiger partial charge in [0.05, 0.1) is 0 Å². The highest BCUT2D eigenvalue weighted by atomic mass is 127. The third-order valence-electron chi connectivity index (χ3n) is 2.90.